The average molecular weight is 493 g/mol. The number of amides is 1. The van der Waals surface area contributed by atoms with E-state index in [9.17, 15) is 13.2 Å². The summed E-state index contributed by atoms with van der Waals surface area (Å²) in [5, 5.41) is 0.422. The van der Waals surface area contributed by atoms with Crippen LogP contribution in [0.2, 0.25) is 0 Å². The largest absolute Gasteiger partial charge is 0.489 e. The van der Waals surface area contributed by atoms with Gasteiger partial charge in [-0.1, -0.05) is 72.4 Å². The van der Waals surface area contributed by atoms with Crippen LogP contribution in [0.25, 0.3) is 0 Å². The smallest absolute Gasteiger partial charge is 0.252 e. The molecule has 3 aromatic carbocycles. The minimum atomic E-state index is -3.12. The van der Waals surface area contributed by atoms with Gasteiger partial charge >= 0.3 is 0 Å². The Labute approximate surface area is 203 Å². The number of hydrogen-bond donors (Lipinski definition) is 0. The van der Waals surface area contributed by atoms with Crippen molar-refractivity contribution in [2.24, 2.45) is 4.99 Å². The average Bonchev–Trinajstić information content (AvgIpc) is 3.30. The lowest BCUT2D eigenvalue weighted by atomic mass is 10.1. The van der Waals surface area contributed by atoms with Gasteiger partial charge in [0.15, 0.2) is 15.0 Å². The monoisotopic (exact) mass is 492 g/mol. The van der Waals surface area contributed by atoms with Crippen LogP contribution in [0.3, 0.4) is 0 Å². The van der Waals surface area contributed by atoms with Crippen LogP contribution in [0.5, 0.6) is 5.75 Å². The quantitative estimate of drug-likeness (QED) is 0.516. The predicted molar refractivity (Wildman–Crippen MR) is 136 cm³/mol. The highest BCUT2D eigenvalue weighted by Crippen LogP contribution is 2.41. The first-order chi connectivity index (χ1) is 16.5. The third-order valence-corrected chi connectivity index (χ3v) is 9.06. The molecule has 34 heavy (non-hydrogen) atoms. The molecule has 6 nitrogen and oxygen atoms in total. The highest BCUT2D eigenvalue weighted by Gasteiger charge is 2.49. The van der Waals surface area contributed by atoms with Crippen molar-refractivity contribution >= 4 is 38.4 Å². The first kappa shape index (κ1) is 22.7. The summed E-state index contributed by atoms with van der Waals surface area (Å²) in [6.45, 7) is 0.462. The van der Waals surface area contributed by atoms with Crippen molar-refractivity contribution in [1.82, 2.24) is 0 Å². The van der Waals surface area contributed by atoms with E-state index in [4.69, 9.17) is 4.74 Å². The van der Waals surface area contributed by atoms with Crippen molar-refractivity contribution in [3.63, 3.8) is 0 Å². The van der Waals surface area contributed by atoms with Gasteiger partial charge < -0.3 is 9.64 Å². The van der Waals surface area contributed by atoms with Gasteiger partial charge in [0.1, 0.15) is 12.4 Å². The van der Waals surface area contributed by atoms with E-state index in [0.717, 1.165) is 16.8 Å². The molecule has 0 aliphatic carbocycles. The lowest BCUT2D eigenvalue weighted by Crippen LogP contribution is -2.37. The Morgan fingerprint density at radius 2 is 1.56 bits per heavy atom. The van der Waals surface area contributed by atoms with Crippen molar-refractivity contribution < 1.29 is 17.9 Å². The number of carbonyl (C=O) groups is 1. The van der Waals surface area contributed by atoms with E-state index in [1.165, 1.54) is 11.8 Å². The number of nitrogens with zero attached hydrogens (tertiary/aromatic N) is 2. The fraction of sp³-hybridized carbons (Fsp3) is 0.231. The van der Waals surface area contributed by atoms with Gasteiger partial charge in [-0.15, -0.1) is 0 Å². The molecule has 2 heterocycles. The van der Waals surface area contributed by atoms with Crippen LogP contribution in [0.4, 0.5) is 5.69 Å². The Morgan fingerprint density at radius 1 is 0.912 bits per heavy atom. The maximum absolute atomic E-state index is 12.7. The lowest BCUT2D eigenvalue weighted by Gasteiger charge is -2.24. The molecule has 2 atom stereocenters. The van der Waals surface area contributed by atoms with Gasteiger partial charge in [0, 0.05) is 10.9 Å². The van der Waals surface area contributed by atoms with Gasteiger partial charge in [0.25, 0.3) is 5.91 Å². The number of sulfone groups is 1. The maximum Gasteiger partial charge on any atom is 0.252 e. The normalized spacial score (nSPS) is 22.0. The summed E-state index contributed by atoms with van der Waals surface area (Å²) in [5.74, 6) is 0.629. The topological polar surface area (TPSA) is 76.0 Å². The number of aliphatic imine (C=N–C) groups is 1. The molecule has 1 amide bonds. The molecule has 0 bridgehead atoms. The molecule has 0 saturated carbocycles. The number of amidine groups is 1. The summed E-state index contributed by atoms with van der Waals surface area (Å²) in [6, 6.07) is 26.7. The molecule has 2 saturated heterocycles. The van der Waals surface area contributed by atoms with Gasteiger partial charge in [-0.05, 0) is 35.4 Å². The number of fused-ring (bicyclic) bond motifs is 1. The highest BCUT2D eigenvalue weighted by atomic mass is 32.2. The van der Waals surface area contributed by atoms with E-state index in [0.29, 0.717) is 17.5 Å². The molecule has 0 N–H and O–H groups in total. The van der Waals surface area contributed by atoms with E-state index in [2.05, 4.69) is 4.99 Å². The number of anilines is 1. The molecule has 0 radical (unpaired) electrons. The van der Waals surface area contributed by atoms with Crippen LogP contribution in [0.15, 0.2) is 89.9 Å². The van der Waals surface area contributed by atoms with Crippen LogP contribution in [-0.4, -0.2) is 42.3 Å². The maximum atomic E-state index is 12.7. The molecule has 3 aromatic rings. The molecule has 2 aliphatic heterocycles. The number of thioether (sulfide) groups is 1. The van der Waals surface area contributed by atoms with Crippen molar-refractivity contribution in [3.05, 3.63) is 96.1 Å². The van der Waals surface area contributed by atoms with E-state index >= 15 is 0 Å². The van der Waals surface area contributed by atoms with Crippen LogP contribution in [-0.2, 0) is 27.7 Å². The second kappa shape index (κ2) is 9.64. The molecule has 2 fully saturated rings. The first-order valence-corrected chi connectivity index (χ1v) is 13.8. The standard InChI is InChI=1S/C26H24N2O4S2/c29-25(15-19-7-3-1-4-8-19)27-26-28(23-17-34(30,31)18-24(23)33-26)21-11-13-22(14-12-21)32-16-20-9-5-2-6-10-20/h1-14,23-24H,15-18H2/t23-,24-/m0/s1. The van der Waals surface area contributed by atoms with Crippen molar-refractivity contribution in [1.29, 1.82) is 0 Å². The molecule has 5 rings (SSSR count). The van der Waals surface area contributed by atoms with Crippen molar-refractivity contribution in [2.45, 2.75) is 24.3 Å². The fourth-order valence-electron chi connectivity index (χ4n) is 4.23. The molecule has 174 valence electrons. The second-order valence-electron chi connectivity index (χ2n) is 8.39. The van der Waals surface area contributed by atoms with Crippen LogP contribution >= 0.6 is 11.8 Å². The summed E-state index contributed by atoms with van der Waals surface area (Å²) < 4.78 is 30.5. The number of benzene rings is 3. The molecule has 0 spiro atoms. The third-order valence-electron chi connectivity index (χ3n) is 5.85. The van der Waals surface area contributed by atoms with Crippen molar-refractivity contribution in [2.75, 3.05) is 16.4 Å². The van der Waals surface area contributed by atoms with Gasteiger partial charge in [0.2, 0.25) is 0 Å². The third kappa shape index (κ3) is 5.18. The summed E-state index contributed by atoms with van der Waals surface area (Å²) in [4.78, 5) is 19.0. The summed E-state index contributed by atoms with van der Waals surface area (Å²) in [5.41, 5.74) is 2.78. The van der Waals surface area contributed by atoms with E-state index in [1.807, 2.05) is 89.8 Å². The zero-order chi connectivity index (χ0) is 23.5. The minimum absolute atomic E-state index is 0.0584. The molecular weight excluding hydrogens is 468 g/mol. The molecular formula is C26H24N2O4S2. The Kier molecular flexibility index (Phi) is 6.43. The van der Waals surface area contributed by atoms with E-state index in [1.54, 1.807) is 0 Å². The number of ether oxygens (including phenoxy) is 1. The van der Waals surface area contributed by atoms with Crippen LogP contribution < -0.4 is 9.64 Å². The van der Waals surface area contributed by atoms with Crippen LogP contribution in [0.1, 0.15) is 11.1 Å². The zero-order valence-corrected chi connectivity index (χ0v) is 20.0. The van der Waals surface area contributed by atoms with Crippen molar-refractivity contribution in [3.8, 4) is 5.75 Å². The Morgan fingerprint density at radius 3 is 2.24 bits per heavy atom. The van der Waals surface area contributed by atoms with Gasteiger partial charge in [-0.2, -0.15) is 4.99 Å². The highest BCUT2D eigenvalue weighted by molar-refractivity contribution is 8.16. The zero-order valence-electron chi connectivity index (χ0n) is 18.4. The number of rotatable bonds is 6. The van der Waals surface area contributed by atoms with E-state index in [-0.39, 0.29) is 35.1 Å². The predicted octanol–water partition coefficient (Wildman–Crippen LogP) is 4.11. The summed E-state index contributed by atoms with van der Waals surface area (Å²) >= 11 is 1.38. The Hall–Kier alpha value is -3.10. The summed E-state index contributed by atoms with van der Waals surface area (Å²) in [7, 11) is -3.12. The Balaban J connectivity index is 1.36. The molecule has 0 unspecified atom stereocenters. The van der Waals surface area contributed by atoms with Gasteiger partial charge in [0.05, 0.1) is 24.0 Å². The Bertz CT molecular complexity index is 1290. The van der Waals surface area contributed by atoms with Crippen LogP contribution in [0, 0.1) is 0 Å². The summed E-state index contributed by atoms with van der Waals surface area (Å²) in [6.07, 6.45) is 0.207. The second-order valence-corrected chi connectivity index (χ2v) is 11.7. The molecule has 2 aliphatic rings. The SMILES string of the molecule is O=C(Cc1ccccc1)N=C1S[C@H]2CS(=O)(=O)C[C@@H]2N1c1ccc(OCc2ccccc2)cc1. The van der Waals surface area contributed by atoms with Gasteiger partial charge in [-0.3, -0.25) is 4.79 Å². The lowest BCUT2D eigenvalue weighted by molar-refractivity contribution is -0.117. The minimum Gasteiger partial charge on any atom is -0.489 e. The van der Waals surface area contributed by atoms with E-state index < -0.39 is 9.84 Å². The fourth-order valence-corrected chi connectivity index (χ4v) is 8.16. The number of carbonyl (C=O) groups excluding carboxylic acids is 1. The molecule has 8 heteroatoms. The first-order valence-electron chi connectivity index (χ1n) is 11.1. The van der Waals surface area contributed by atoms with Gasteiger partial charge in [-0.25, -0.2) is 8.42 Å². The molecule has 0 aromatic heterocycles. The number of hydrogen-bond acceptors (Lipinski definition) is 5.